The van der Waals surface area contributed by atoms with E-state index in [0.29, 0.717) is 11.4 Å². The lowest BCUT2D eigenvalue weighted by Gasteiger charge is -2.09. The fourth-order valence-electron chi connectivity index (χ4n) is 1.71. The molecule has 1 aromatic carbocycles. The summed E-state index contributed by atoms with van der Waals surface area (Å²) in [5, 5.41) is 2.60. The molecule has 0 saturated carbocycles. The van der Waals surface area contributed by atoms with Gasteiger partial charge in [-0.3, -0.25) is 15.6 Å². The summed E-state index contributed by atoms with van der Waals surface area (Å²) in [6.07, 6.45) is 2.90. The highest BCUT2D eigenvalue weighted by Gasteiger charge is 2.11. The van der Waals surface area contributed by atoms with Crippen LogP contribution < -0.4 is 16.6 Å². The van der Waals surface area contributed by atoms with E-state index in [-0.39, 0.29) is 5.56 Å². The SMILES string of the molecule is Cc1cc(F)cc(NC(=O)c2cnccc2NN)c1. The molecule has 0 bridgehead atoms. The average molecular weight is 260 g/mol. The maximum atomic E-state index is 13.2. The van der Waals surface area contributed by atoms with Crippen LogP contribution >= 0.6 is 0 Å². The molecule has 2 rings (SSSR count). The lowest BCUT2D eigenvalue weighted by atomic mass is 10.2. The number of hydrogen-bond donors (Lipinski definition) is 3. The lowest BCUT2D eigenvalue weighted by molar-refractivity contribution is 0.102. The van der Waals surface area contributed by atoms with Gasteiger partial charge in [0.25, 0.3) is 5.91 Å². The van der Waals surface area contributed by atoms with E-state index in [0.717, 1.165) is 5.56 Å². The molecule has 0 radical (unpaired) electrons. The molecule has 0 aliphatic heterocycles. The third-order valence-corrected chi connectivity index (χ3v) is 2.52. The molecule has 4 N–H and O–H groups in total. The van der Waals surface area contributed by atoms with Crippen molar-refractivity contribution >= 4 is 17.3 Å². The molecule has 0 unspecified atom stereocenters. The normalized spacial score (nSPS) is 10.1. The Morgan fingerprint density at radius 1 is 1.37 bits per heavy atom. The number of anilines is 2. The number of nitrogen functional groups attached to an aromatic ring is 1. The van der Waals surface area contributed by atoms with Crippen LogP contribution in [0.15, 0.2) is 36.7 Å². The van der Waals surface area contributed by atoms with Crippen LogP contribution in [0.2, 0.25) is 0 Å². The summed E-state index contributed by atoms with van der Waals surface area (Å²) in [6.45, 7) is 1.75. The molecule has 98 valence electrons. The molecule has 0 saturated heterocycles. The first kappa shape index (κ1) is 13.0. The summed E-state index contributed by atoms with van der Waals surface area (Å²) >= 11 is 0. The first-order valence-corrected chi connectivity index (χ1v) is 5.59. The lowest BCUT2D eigenvalue weighted by Crippen LogP contribution is -2.17. The Morgan fingerprint density at radius 3 is 2.84 bits per heavy atom. The Bertz CT molecular complexity index is 595. The zero-order valence-corrected chi connectivity index (χ0v) is 10.3. The molecule has 19 heavy (non-hydrogen) atoms. The minimum atomic E-state index is -0.411. The molecule has 0 aliphatic rings. The standard InChI is InChI=1S/C13H13FN4O/c1-8-4-9(14)6-10(5-8)17-13(19)11-7-16-3-2-12(11)18-15/h2-7H,15H2,1H3,(H,16,18)(H,17,19). The monoisotopic (exact) mass is 260 g/mol. The third kappa shape index (κ3) is 3.05. The molecular formula is C13H13FN4O. The van der Waals surface area contributed by atoms with Crippen LogP contribution in [0.1, 0.15) is 15.9 Å². The number of carbonyl (C=O) groups excluding carboxylic acids is 1. The van der Waals surface area contributed by atoms with Crippen molar-refractivity contribution in [2.45, 2.75) is 6.92 Å². The van der Waals surface area contributed by atoms with Crippen molar-refractivity contribution in [1.82, 2.24) is 4.98 Å². The number of rotatable bonds is 3. The molecular weight excluding hydrogens is 247 g/mol. The van der Waals surface area contributed by atoms with Gasteiger partial charge in [-0.25, -0.2) is 4.39 Å². The van der Waals surface area contributed by atoms with E-state index in [4.69, 9.17) is 5.84 Å². The van der Waals surface area contributed by atoms with Crippen LogP contribution in [-0.4, -0.2) is 10.9 Å². The Balaban J connectivity index is 2.25. The Hall–Kier alpha value is -2.47. The predicted octanol–water partition coefficient (Wildman–Crippen LogP) is 2.07. The summed E-state index contributed by atoms with van der Waals surface area (Å²) in [5.74, 6) is 4.50. The van der Waals surface area contributed by atoms with Crippen molar-refractivity contribution in [3.05, 3.63) is 53.6 Å². The van der Waals surface area contributed by atoms with Gasteiger partial charge in [-0.05, 0) is 36.8 Å². The number of hydrogen-bond acceptors (Lipinski definition) is 4. The van der Waals surface area contributed by atoms with Crippen LogP contribution in [0.25, 0.3) is 0 Å². The van der Waals surface area contributed by atoms with Gasteiger partial charge in [-0.15, -0.1) is 0 Å². The van der Waals surface area contributed by atoms with Gasteiger partial charge in [-0.2, -0.15) is 0 Å². The van der Waals surface area contributed by atoms with Crippen molar-refractivity contribution < 1.29 is 9.18 Å². The van der Waals surface area contributed by atoms with Crippen LogP contribution in [-0.2, 0) is 0 Å². The van der Waals surface area contributed by atoms with Crippen molar-refractivity contribution in [3.63, 3.8) is 0 Å². The predicted molar refractivity (Wildman–Crippen MR) is 71.1 cm³/mol. The van der Waals surface area contributed by atoms with Crippen molar-refractivity contribution in [3.8, 4) is 0 Å². The van der Waals surface area contributed by atoms with Crippen LogP contribution in [0.5, 0.6) is 0 Å². The number of nitrogens with zero attached hydrogens (tertiary/aromatic N) is 1. The topological polar surface area (TPSA) is 80.0 Å². The minimum absolute atomic E-state index is 0.284. The second-order valence-electron chi connectivity index (χ2n) is 4.04. The van der Waals surface area contributed by atoms with Crippen LogP contribution in [0.3, 0.4) is 0 Å². The highest BCUT2D eigenvalue weighted by molar-refractivity contribution is 6.07. The van der Waals surface area contributed by atoms with E-state index in [9.17, 15) is 9.18 Å². The van der Waals surface area contributed by atoms with E-state index >= 15 is 0 Å². The number of amides is 1. The molecule has 1 amide bonds. The number of hydrazine groups is 1. The highest BCUT2D eigenvalue weighted by Crippen LogP contribution is 2.17. The van der Waals surface area contributed by atoms with Crippen molar-refractivity contribution in [2.75, 3.05) is 10.7 Å². The van der Waals surface area contributed by atoms with Crippen LogP contribution in [0.4, 0.5) is 15.8 Å². The number of halogens is 1. The fraction of sp³-hybridized carbons (Fsp3) is 0.0769. The number of aryl methyl sites for hydroxylation is 1. The number of aromatic nitrogens is 1. The molecule has 5 nitrogen and oxygen atoms in total. The van der Waals surface area contributed by atoms with Gasteiger partial charge < -0.3 is 10.7 Å². The minimum Gasteiger partial charge on any atom is -0.323 e. The second-order valence-corrected chi connectivity index (χ2v) is 4.04. The van der Waals surface area contributed by atoms with Crippen molar-refractivity contribution in [1.29, 1.82) is 0 Å². The van der Waals surface area contributed by atoms with E-state index in [2.05, 4.69) is 15.7 Å². The second kappa shape index (κ2) is 5.45. The van der Waals surface area contributed by atoms with Gasteiger partial charge in [-0.1, -0.05) is 0 Å². The molecule has 0 spiro atoms. The van der Waals surface area contributed by atoms with Crippen molar-refractivity contribution in [2.24, 2.45) is 5.84 Å². The van der Waals surface area contributed by atoms with Gasteiger partial charge in [0.05, 0.1) is 11.3 Å². The summed E-state index contributed by atoms with van der Waals surface area (Å²) in [5.41, 5.74) is 4.24. The van der Waals surface area contributed by atoms with Gasteiger partial charge in [0.15, 0.2) is 0 Å². The number of carbonyl (C=O) groups is 1. The van der Waals surface area contributed by atoms with Gasteiger partial charge in [0.2, 0.25) is 0 Å². The number of benzene rings is 1. The molecule has 1 aromatic heterocycles. The van der Waals surface area contributed by atoms with Gasteiger partial charge in [0, 0.05) is 18.1 Å². The molecule has 0 atom stereocenters. The number of nitrogens with one attached hydrogen (secondary N) is 2. The van der Waals surface area contributed by atoms with E-state index in [1.165, 1.54) is 24.5 Å². The zero-order chi connectivity index (χ0) is 13.8. The maximum Gasteiger partial charge on any atom is 0.259 e. The largest absolute Gasteiger partial charge is 0.323 e. The summed E-state index contributed by atoms with van der Waals surface area (Å²) in [4.78, 5) is 15.9. The molecule has 0 aliphatic carbocycles. The van der Waals surface area contributed by atoms with E-state index < -0.39 is 11.7 Å². The Labute approximate surface area is 109 Å². The number of pyridine rings is 1. The summed E-state index contributed by atoms with van der Waals surface area (Å²) in [7, 11) is 0. The van der Waals surface area contributed by atoms with E-state index in [1.54, 1.807) is 19.1 Å². The number of nitrogens with two attached hydrogens (primary N) is 1. The first-order chi connectivity index (χ1) is 9.10. The van der Waals surface area contributed by atoms with Crippen LogP contribution in [0, 0.1) is 12.7 Å². The Morgan fingerprint density at radius 2 is 2.16 bits per heavy atom. The quantitative estimate of drug-likeness (QED) is 0.583. The third-order valence-electron chi connectivity index (χ3n) is 2.52. The zero-order valence-electron chi connectivity index (χ0n) is 10.3. The molecule has 6 heteroatoms. The van der Waals surface area contributed by atoms with E-state index in [1.807, 2.05) is 0 Å². The molecule has 1 heterocycles. The maximum absolute atomic E-state index is 13.2. The smallest absolute Gasteiger partial charge is 0.259 e. The summed E-state index contributed by atoms with van der Waals surface area (Å²) in [6, 6.07) is 5.88. The highest BCUT2D eigenvalue weighted by atomic mass is 19.1. The molecule has 2 aromatic rings. The van der Waals surface area contributed by atoms with Gasteiger partial charge in [0.1, 0.15) is 5.82 Å². The average Bonchev–Trinajstić information content (AvgIpc) is 2.37. The Kier molecular flexibility index (Phi) is 3.72. The first-order valence-electron chi connectivity index (χ1n) is 5.59. The molecule has 0 fully saturated rings. The van der Waals surface area contributed by atoms with Gasteiger partial charge >= 0.3 is 0 Å². The summed E-state index contributed by atoms with van der Waals surface area (Å²) < 4.78 is 13.2. The fourth-order valence-corrected chi connectivity index (χ4v) is 1.71.